The van der Waals surface area contributed by atoms with Crippen LogP contribution in [-0.4, -0.2) is 9.78 Å². The number of nitrogens with zero attached hydrogens (tertiary/aromatic N) is 2. The van der Waals surface area contributed by atoms with Crippen molar-refractivity contribution in [3.05, 3.63) is 45.2 Å². The Hall–Kier alpha value is -1.03. The second kappa shape index (κ2) is 5.95. The summed E-state index contributed by atoms with van der Waals surface area (Å²) in [6.07, 6.45) is 1.72. The summed E-state index contributed by atoms with van der Waals surface area (Å²) in [6.45, 7) is 4.67. The van der Waals surface area contributed by atoms with E-state index in [4.69, 9.17) is 28.9 Å². The number of rotatable bonds is 4. The largest absolute Gasteiger partial charge is 0.326 e. The van der Waals surface area contributed by atoms with Crippen LogP contribution in [0.2, 0.25) is 10.0 Å². The van der Waals surface area contributed by atoms with E-state index >= 15 is 0 Å². The van der Waals surface area contributed by atoms with Gasteiger partial charge in [-0.3, -0.25) is 0 Å². The summed E-state index contributed by atoms with van der Waals surface area (Å²) in [5.41, 5.74) is 9.96. The van der Waals surface area contributed by atoms with Gasteiger partial charge in [0.25, 0.3) is 0 Å². The minimum Gasteiger partial charge on any atom is -0.326 e. The number of hydrogen-bond donors (Lipinski definition) is 1. The van der Waals surface area contributed by atoms with E-state index in [2.05, 4.69) is 18.9 Å². The summed E-state index contributed by atoms with van der Waals surface area (Å²) in [6, 6.07) is 5.43. The summed E-state index contributed by atoms with van der Waals surface area (Å²) >= 11 is 12.2. The van der Waals surface area contributed by atoms with Crippen LogP contribution in [0.1, 0.15) is 30.8 Å². The Morgan fingerprint density at radius 1 is 1.21 bits per heavy atom. The van der Waals surface area contributed by atoms with Gasteiger partial charge in [-0.2, -0.15) is 5.10 Å². The van der Waals surface area contributed by atoms with Crippen molar-refractivity contribution in [3.8, 4) is 5.69 Å². The molecule has 1 aromatic carbocycles. The Bertz CT molecular complexity index is 591. The minimum atomic E-state index is 0.498. The third-order valence-electron chi connectivity index (χ3n) is 3.18. The molecule has 0 spiro atoms. The quantitative estimate of drug-likeness (QED) is 0.934. The smallest absolute Gasteiger partial charge is 0.0836 e. The van der Waals surface area contributed by atoms with E-state index in [9.17, 15) is 0 Å². The van der Waals surface area contributed by atoms with Gasteiger partial charge in [-0.1, -0.05) is 37.0 Å². The molecule has 0 fully saturated rings. The van der Waals surface area contributed by atoms with Crippen LogP contribution in [0.15, 0.2) is 18.2 Å². The first kappa shape index (κ1) is 14.4. The topological polar surface area (TPSA) is 43.8 Å². The van der Waals surface area contributed by atoms with E-state index in [0.29, 0.717) is 16.6 Å². The van der Waals surface area contributed by atoms with E-state index in [1.54, 1.807) is 6.07 Å². The Morgan fingerprint density at radius 2 is 1.95 bits per heavy atom. The number of halogens is 2. The molecule has 2 rings (SSSR count). The fraction of sp³-hybridized carbons (Fsp3) is 0.357. The second-order valence-corrected chi connectivity index (χ2v) is 5.13. The number of nitrogens with two attached hydrogens (primary N) is 1. The van der Waals surface area contributed by atoms with Gasteiger partial charge >= 0.3 is 0 Å². The Labute approximate surface area is 123 Å². The third kappa shape index (κ3) is 2.64. The molecule has 2 aromatic rings. The van der Waals surface area contributed by atoms with Gasteiger partial charge in [-0.25, -0.2) is 4.68 Å². The van der Waals surface area contributed by atoms with E-state index in [-0.39, 0.29) is 0 Å². The normalized spacial score (nSPS) is 11.0. The molecule has 0 unspecified atom stereocenters. The van der Waals surface area contributed by atoms with Gasteiger partial charge in [0, 0.05) is 22.8 Å². The van der Waals surface area contributed by atoms with Crippen LogP contribution < -0.4 is 5.73 Å². The lowest BCUT2D eigenvalue weighted by Gasteiger charge is -2.09. The lowest BCUT2D eigenvalue weighted by molar-refractivity contribution is 0.793. The molecule has 0 saturated carbocycles. The van der Waals surface area contributed by atoms with Gasteiger partial charge in [0.1, 0.15) is 0 Å². The molecule has 0 saturated heterocycles. The summed E-state index contributed by atoms with van der Waals surface area (Å²) in [5.74, 6) is 0. The fourth-order valence-corrected chi connectivity index (χ4v) is 2.76. The van der Waals surface area contributed by atoms with Crippen molar-refractivity contribution >= 4 is 23.2 Å². The van der Waals surface area contributed by atoms with Crippen molar-refractivity contribution in [2.24, 2.45) is 5.73 Å². The van der Waals surface area contributed by atoms with Crippen molar-refractivity contribution in [2.45, 2.75) is 33.2 Å². The SMILES string of the molecule is CCc1nn(-c2ccc(Cl)cc2Cl)c(CC)c1CN. The predicted octanol–water partition coefficient (Wildman–Crippen LogP) is 3.76. The number of hydrogen-bond acceptors (Lipinski definition) is 2. The molecule has 0 aliphatic carbocycles. The van der Waals surface area contributed by atoms with Crippen molar-refractivity contribution in [3.63, 3.8) is 0 Å². The fourth-order valence-electron chi connectivity index (χ4n) is 2.27. The molecule has 0 atom stereocenters. The molecule has 0 bridgehead atoms. The minimum absolute atomic E-state index is 0.498. The zero-order valence-corrected chi connectivity index (χ0v) is 12.6. The molecule has 19 heavy (non-hydrogen) atoms. The zero-order chi connectivity index (χ0) is 14.0. The molecule has 0 aliphatic rings. The first-order valence-electron chi connectivity index (χ1n) is 6.37. The highest BCUT2D eigenvalue weighted by Gasteiger charge is 2.16. The molecule has 0 aliphatic heterocycles. The van der Waals surface area contributed by atoms with E-state index in [1.807, 2.05) is 16.8 Å². The second-order valence-electron chi connectivity index (χ2n) is 4.29. The van der Waals surface area contributed by atoms with E-state index in [0.717, 1.165) is 35.5 Å². The molecule has 2 N–H and O–H groups in total. The van der Waals surface area contributed by atoms with Crippen molar-refractivity contribution in [1.29, 1.82) is 0 Å². The van der Waals surface area contributed by atoms with Crippen molar-refractivity contribution in [2.75, 3.05) is 0 Å². The maximum absolute atomic E-state index is 6.26. The molecular weight excluding hydrogens is 281 g/mol. The Balaban J connectivity index is 2.64. The van der Waals surface area contributed by atoms with Crippen LogP contribution in [0.3, 0.4) is 0 Å². The van der Waals surface area contributed by atoms with E-state index in [1.165, 1.54) is 0 Å². The van der Waals surface area contributed by atoms with Crippen LogP contribution in [0.5, 0.6) is 0 Å². The maximum atomic E-state index is 6.26. The molecule has 102 valence electrons. The molecule has 0 radical (unpaired) electrons. The first-order chi connectivity index (χ1) is 9.12. The van der Waals surface area contributed by atoms with Crippen LogP contribution in [-0.2, 0) is 19.4 Å². The van der Waals surface area contributed by atoms with Gasteiger partial charge in [0.05, 0.1) is 16.4 Å². The molecule has 1 heterocycles. The molecule has 3 nitrogen and oxygen atoms in total. The average molecular weight is 298 g/mol. The Morgan fingerprint density at radius 3 is 2.47 bits per heavy atom. The highest BCUT2D eigenvalue weighted by Crippen LogP contribution is 2.27. The van der Waals surface area contributed by atoms with Gasteiger partial charge in [-0.05, 0) is 31.0 Å². The monoisotopic (exact) mass is 297 g/mol. The van der Waals surface area contributed by atoms with Crippen LogP contribution in [0.25, 0.3) is 5.69 Å². The molecule has 1 aromatic heterocycles. The van der Waals surface area contributed by atoms with Crippen LogP contribution >= 0.6 is 23.2 Å². The number of benzene rings is 1. The lowest BCUT2D eigenvalue weighted by Crippen LogP contribution is -2.05. The zero-order valence-electron chi connectivity index (χ0n) is 11.1. The summed E-state index contributed by atoms with van der Waals surface area (Å²) in [4.78, 5) is 0. The van der Waals surface area contributed by atoms with Gasteiger partial charge in [0.15, 0.2) is 0 Å². The molecular formula is C14H17Cl2N3. The standard InChI is InChI=1S/C14H17Cl2N3/c1-3-12-10(8-17)13(4-2)19(18-12)14-6-5-9(15)7-11(14)16/h5-7H,3-4,8,17H2,1-2H3. The van der Waals surface area contributed by atoms with Gasteiger partial charge in [-0.15, -0.1) is 0 Å². The maximum Gasteiger partial charge on any atom is 0.0836 e. The highest BCUT2D eigenvalue weighted by atomic mass is 35.5. The van der Waals surface area contributed by atoms with Crippen LogP contribution in [0.4, 0.5) is 0 Å². The predicted molar refractivity (Wildman–Crippen MR) is 80.2 cm³/mol. The van der Waals surface area contributed by atoms with Crippen molar-refractivity contribution < 1.29 is 0 Å². The summed E-state index contributed by atoms with van der Waals surface area (Å²) < 4.78 is 1.89. The first-order valence-corrected chi connectivity index (χ1v) is 7.13. The van der Waals surface area contributed by atoms with Crippen LogP contribution in [0, 0.1) is 0 Å². The average Bonchev–Trinajstić information content (AvgIpc) is 2.76. The van der Waals surface area contributed by atoms with E-state index < -0.39 is 0 Å². The van der Waals surface area contributed by atoms with Gasteiger partial charge < -0.3 is 5.73 Å². The number of aryl methyl sites for hydroxylation is 1. The summed E-state index contributed by atoms with van der Waals surface area (Å²) in [5, 5.41) is 5.85. The highest BCUT2D eigenvalue weighted by molar-refractivity contribution is 6.35. The lowest BCUT2D eigenvalue weighted by atomic mass is 10.1. The van der Waals surface area contributed by atoms with Gasteiger partial charge in [0.2, 0.25) is 0 Å². The van der Waals surface area contributed by atoms with Crippen molar-refractivity contribution in [1.82, 2.24) is 9.78 Å². The number of aromatic nitrogens is 2. The molecule has 5 heteroatoms. The Kier molecular flexibility index (Phi) is 4.50. The molecule has 0 amide bonds. The summed E-state index contributed by atoms with van der Waals surface area (Å²) in [7, 11) is 0. The third-order valence-corrected chi connectivity index (χ3v) is 3.72.